The number of benzene rings is 2. The van der Waals surface area contributed by atoms with Crippen LogP contribution in [-0.2, 0) is 51.3 Å². The molecule has 3 aliphatic heterocycles. The average Bonchev–Trinajstić information content (AvgIpc) is 3.90. The number of hydrogen-bond donors (Lipinski definition) is 0. The maximum absolute atomic E-state index is 14.7. The zero-order valence-corrected chi connectivity index (χ0v) is 52.8. The van der Waals surface area contributed by atoms with Gasteiger partial charge in [0.25, 0.3) is 0 Å². The minimum absolute atomic E-state index is 0. The summed E-state index contributed by atoms with van der Waals surface area (Å²) in [6.45, 7) is 14.5. The third-order valence-electron chi connectivity index (χ3n) is 15.1. The quantitative estimate of drug-likeness (QED) is 0.160. The topological polar surface area (TPSA) is 170 Å². The first kappa shape index (κ1) is 61.0. The number of carboxylic acids is 1. The maximum Gasteiger partial charge on any atom is 1.00 e. The number of carbonyl (C=O) groups excluding carboxylic acids is 4. The number of fused-ring (bicyclic) bond motifs is 4. The van der Waals surface area contributed by atoms with E-state index in [-0.39, 0.29) is 66.7 Å². The molecule has 3 fully saturated rings. The van der Waals surface area contributed by atoms with Gasteiger partial charge in [-0.1, -0.05) is 35.3 Å². The number of piperidine rings is 1. The molecule has 0 bridgehead atoms. The molecule has 16 nitrogen and oxygen atoms in total. The smallest absolute Gasteiger partial charge is 0.548 e. The number of aromatic nitrogens is 4. The minimum atomic E-state index is -1.31. The van der Waals surface area contributed by atoms with Gasteiger partial charge in [0.1, 0.15) is 17.2 Å². The normalized spacial score (nSPS) is 21.5. The van der Waals surface area contributed by atoms with Gasteiger partial charge in [-0.3, -0.25) is 34.4 Å². The molecule has 5 aromatic rings. The first-order valence-electron chi connectivity index (χ1n) is 26.9. The van der Waals surface area contributed by atoms with Crippen LogP contribution in [0.1, 0.15) is 124 Å². The number of likely N-dealkylation sites (tertiary alicyclic amines) is 1. The van der Waals surface area contributed by atoms with Crippen LogP contribution in [0.25, 0.3) is 0 Å². The molecule has 0 radical (unpaired) electrons. The van der Waals surface area contributed by atoms with Gasteiger partial charge in [-0.05, 0) is 195 Å². The molecule has 3 saturated heterocycles. The van der Waals surface area contributed by atoms with Crippen LogP contribution < -0.4 is 34.7 Å². The van der Waals surface area contributed by atoms with Crippen LogP contribution in [0.4, 0.5) is 9.59 Å². The number of aryl methyl sites for hydroxylation is 5. The van der Waals surface area contributed by atoms with E-state index in [2.05, 4.69) is 75.5 Å². The summed E-state index contributed by atoms with van der Waals surface area (Å²) < 4.78 is 15.2. The van der Waals surface area contributed by atoms with Crippen LogP contribution in [0.2, 0.25) is 10.0 Å². The van der Waals surface area contributed by atoms with E-state index in [9.17, 15) is 24.3 Å². The second-order valence-electron chi connectivity index (χ2n) is 22.8. The van der Waals surface area contributed by atoms with Crippen LogP contribution >= 0.6 is 55.1 Å². The van der Waals surface area contributed by atoms with E-state index in [1.165, 1.54) is 16.0 Å². The van der Waals surface area contributed by atoms with Gasteiger partial charge in [0.05, 0.1) is 41.8 Å². The van der Waals surface area contributed by atoms with Gasteiger partial charge in [-0.2, -0.15) is 0 Å². The number of nitrogens with zero attached hydrogens (tertiary/aromatic N) is 9. The molecule has 3 amide bonds. The summed E-state index contributed by atoms with van der Waals surface area (Å²) in [6.07, 6.45) is 15.2. The molecule has 5 aliphatic rings. The number of halogens is 4. The fraction of sp³-hybridized carbons (Fsp3) is 0.500. The second kappa shape index (κ2) is 26.0. The molecular formula is C58H68Br2Cl2N9NaO7. The number of carbonyl (C=O) groups is 4. The molecule has 416 valence electrons. The fourth-order valence-corrected chi connectivity index (χ4v) is 12.8. The molecule has 21 heteroatoms. The summed E-state index contributed by atoms with van der Waals surface area (Å²) in [5.41, 5.74) is 7.27. The van der Waals surface area contributed by atoms with Crippen LogP contribution in [0, 0.1) is 0 Å². The summed E-state index contributed by atoms with van der Waals surface area (Å²) in [5, 5.41) is 13.5. The van der Waals surface area contributed by atoms with Gasteiger partial charge < -0.3 is 28.8 Å². The Morgan fingerprint density at radius 2 is 1.15 bits per heavy atom. The van der Waals surface area contributed by atoms with Gasteiger partial charge in [-0.15, -0.1) is 0 Å². The molecule has 3 aromatic heterocycles. The van der Waals surface area contributed by atoms with E-state index in [0.29, 0.717) is 42.8 Å². The van der Waals surface area contributed by atoms with Crippen molar-refractivity contribution >= 4 is 79.1 Å². The minimum Gasteiger partial charge on any atom is -0.548 e. The number of imidazole rings is 1. The van der Waals surface area contributed by atoms with E-state index < -0.39 is 41.4 Å². The molecule has 6 heterocycles. The Kier molecular flexibility index (Phi) is 20.1. The van der Waals surface area contributed by atoms with Crippen LogP contribution in [-0.4, -0.2) is 143 Å². The third kappa shape index (κ3) is 14.8. The Morgan fingerprint density at radius 1 is 0.658 bits per heavy atom. The number of rotatable bonds is 7. The van der Waals surface area contributed by atoms with Crippen molar-refractivity contribution in [3.8, 4) is 0 Å². The first-order chi connectivity index (χ1) is 37.1. The van der Waals surface area contributed by atoms with Gasteiger partial charge >= 0.3 is 41.7 Å². The Balaban J connectivity index is 0.000000215. The zero-order chi connectivity index (χ0) is 55.6. The predicted molar refractivity (Wildman–Crippen MR) is 303 cm³/mol. The Bertz CT molecular complexity index is 2910. The molecule has 2 aliphatic carbocycles. The molecule has 10 rings (SSSR count). The average molecular weight is 1260 g/mol. The largest absolute Gasteiger partial charge is 1.00 e. The molecule has 2 aromatic carbocycles. The van der Waals surface area contributed by atoms with Crippen molar-refractivity contribution in [3.05, 3.63) is 143 Å². The maximum atomic E-state index is 14.7. The van der Waals surface area contributed by atoms with Crippen LogP contribution in [0.3, 0.4) is 0 Å². The van der Waals surface area contributed by atoms with Crippen molar-refractivity contribution in [2.45, 2.75) is 141 Å². The molecule has 0 saturated carbocycles. The number of piperazine rings is 2. The molecule has 0 spiro atoms. The summed E-state index contributed by atoms with van der Waals surface area (Å²) in [5.74, 6) is -1.31. The van der Waals surface area contributed by atoms with Crippen molar-refractivity contribution in [1.82, 2.24) is 44.0 Å². The zero-order valence-electron chi connectivity index (χ0n) is 46.1. The summed E-state index contributed by atoms with van der Waals surface area (Å²) >= 11 is 19.9. The Hall–Kier alpha value is -4.11. The number of ether oxygens (including phenoxy) is 2. The van der Waals surface area contributed by atoms with Crippen molar-refractivity contribution in [1.29, 1.82) is 0 Å². The molecule has 5 unspecified atom stereocenters. The van der Waals surface area contributed by atoms with E-state index in [0.717, 1.165) is 100 Å². The van der Waals surface area contributed by atoms with E-state index in [4.69, 9.17) is 42.6 Å². The van der Waals surface area contributed by atoms with Crippen molar-refractivity contribution in [3.63, 3.8) is 0 Å². The number of carboxylic acid groups (broad SMARTS) is 1. The van der Waals surface area contributed by atoms with E-state index in [1.807, 2.05) is 68.7 Å². The molecule has 5 atom stereocenters. The van der Waals surface area contributed by atoms with Crippen molar-refractivity contribution in [2.24, 2.45) is 0 Å². The second-order valence-corrected chi connectivity index (χ2v) is 25.5. The van der Waals surface area contributed by atoms with E-state index >= 15 is 0 Å². The van der Waals surface area contributed by atoms with Crippen molar-refractivity contribution < 1.29 is 63.3 Å². The predicted octanol–water partition coefficient (Wildman–Crippen LogP) is 6.64. The molecular weight excluding hydrogens is 1190 g/mol. The summed E-state index contributed by atoms with van der Waals surface area (Å²) in [4.78, 5) is 76.4. The Labute approximate surface area is 512 Å². The van der Waals surface area contributed by atoms with Gasteiger partial charge in [-0.25, -0.2) is 14.6 Å². The van der Waals surface area contributed by atoms with E-state index in [1.54, 1.807) is 38.1 Å². The monoisotopic (exact) mass is 1250 g/mol. The third-order valence-corrected chi connectivity index (χ3v) is 16.5. The summed E-state index contributed by atoms with van der Waals surface area (Å²) in [7, 11) is 0. The Morgan fingerprint density at radius 3 is 1.63 bits per heavy atom. The van der Waals surface area contributed by atoms with Gasteiger partial charge in [0.15, 0.2) is 0 Å². The summed E-state index contributed by atoms with van der Waals surface area (Å²) in [6, 6.07) is 14.0. The number of hydrogen-bond acceptors (Lipinski definition) is 12. The number of aliphatic carboxylic acids is 1. The van der Waals surface area contributed by atoms with Crippen molar-refractivity contribution in [2.75, 3.05) is 45.8 Å². The standard InChI is InChI=1S/C34H42BrClN6O3.C24H27BrClN3O4.Na/c1-34(2,3)45-33(44)42-17-16-40(21-29(42)32(43)41-13-5-4-6-27(41)11-14-39-15-12-37-22-39)31-28-10-9-26(36)19-23(28)7-8-24-18-25(35)20-38-30(24)31;1-24(2,3)33-23(32)29-9-8-28(13-19(29)22(30)31)21-18-7-6-17(26)11-14(18)4-5-15-10-16(25)12-27-20(15)21;/h9-10,12,15,18-20,22,27,29,31H,4-8,11,13-14,16-17,21H2,1-3H3;6-7,10-12,19,21H,4-5,8-9,13H2,1-3H3,(H,30,31);/q;;+1/p-1. The SMILES string of the molecule is CC(C)(C)OC(=O)N1CCN(C2c3ccc(Cl)cc3CCc3cc(Br)cnc32)CC1C(=O)N1CCCCC1CCn1ccnc1.CC(C)(C)OC(=O)N1CCN(C2c3ccc(Cl)cc3CCc3cc(Br)cnc32)CC1C(=O)[O-].[Na+]. The van der Waals surface area contributed by atoms with Gasteiger partial charge in [0.2, 0.25) is 5.91 Å². The van der Waals surface area contributed by atoms with Gasteiger partial charge in [0, 0.05) is 102 Å². The number of amides is 3. The van der Waals surface area contributed by atoms with Crippen LogP contribution in [0.15, 0.2) is 88.6 Å². The fourth-order valence-electron chi connectivity index (χ4n) is 11.6. The van der Waals surface area contributed by atoms with Crippen LogP contribution in [0.5, 0.6) is 0 Å². The molecule has 79 heavy (non-hydrogen) atoms. The molecule has 0 N–H and O–H groups in total. The number of pyridine rings is 2. The first-order valence-corrected chi connectivity index (χ1v) is 29.2.